The van der Waals surface area contributed by atoms with Gasteiger partial charge in [-0.2, -0.15) is 0 Å². The summed E-state index contributed by atoms with van der Waals surface area (Å²) in [6.07, 6.45) is 11.4. The smallest absolute Gasteiger partial charge is 0.123 e. The Morgan fingerprint density at radius 2 is 2.00 bits per heavy atom. The normalized spacial score (nSPS) is 33.6. The fourth-order valence-electron chi connectivity index (χ4n) is 5.65. The molecule has 0 amide bonds. The zero-order valence-electron chi connectivity index (χ0n) is 14.2. The Morgan fingerprint density at radius 3 is 2.75 bits per heavy atom. The average Bonchev–Trinajstić information content (AvgIpc) is 3.21. The summed E-state index contributed by atoms with van der Waals surface area (Å²) >= 11 is 6.28. The zero-order chi connectivity index (χ0) is 16.1. The Morgan fingerprint density at radius 1 is 1.12 bits per heavy atom. The Hall–Kier alpha value is -0.990. The molecular formula is C21H26ClNO. The second-order valence-corrected chi connectivity index (χ2v) is 8.80. The molecule has 3 atom stereocenters. The number of hydrogen-bond acceptors (Lipinski definition) is 2. The Balaban J connectivity index is 1.29. The first-order valence-corrected chi connectivity index (χ1v) is 9.93. The first kappa shape index (κ1) is 15.3. The summed E-state index contributed by atoms with van der Waals surface area (Å²) in [4.78, 5) is 2.73. The lowest BCUT2D eigenvalue weighted by Gasteiger charge is -2.45. The van der Waals surface area contributed by atoms with Crippen LogP contribution in [-0.2, 0) is 5.41 Å². The molecule has 2 fully saturated rings. The van der Waals surface area contributed by atoms with Crippen molar-refractivity contribution in [2.45, 2.75) is 37.5 Å². The van der Waals surface area contributed by atoms with E-state index in [1.165, 1.54) is 50.9 Å². The monoisotopic (exact) mass is 343 g/mol. The number of hydrogen-bond donors (Lipinski definition) is 0. The van der Waals surface area contributed by atoms with Crippen molar-refractivity contribution in [1.29, 1.82) is 0 Å². The molecule has 2 aliphatic heterocycles. The molecule has 2 nitrogen and oxygen atoms in total. The van der Waals surface area contributed by atoms with Gasteiger partial charge in [-0.1, -0.05) is 23.8 Å². The van der Waals surface area contributed by atoms with Gasteiger partial charge in [0.2, 0.25) is 0 Å². The minimum atomic E-state index is 0.295. The largest absolute Gasteiger partial charge is 0.493 e. The Labute approximate surface area is 149 Å². The average molecular weight is 344 g/mol. The lowest BCUT2D eigenvalue weighted by atomic mass is 9.69. The van der Waals surface area contributed by atoms with Crippen LogP contribution >= 0.6 is 11.6 Å². The molecule has 1 aromatic carbocycles. The molecule has 0 unspecified atom stereocenters. The molecule has 3 heteroatoms. The summed E-state index contributed by atoms with van der Waals surface area (Å²) < 4.78 is 5.89. The van der Waals surface area contributed by atoms with Gasteiger partial charge in [-0.05, 0) is 81.1 Å². The Kier molecular flexibility index (Phi) is 3.68. The van der Waals surface area contributed by atoms with Gasteiger partial charge in [0.25, 0.3) is 0 Å². The third-order valence-corrected chi connectivity index (χ3v) is 7.31. The van der Waals surface area contributed by atoms with Crippen molar-refractivity contribution in [3.63, 3.8) is 0 Å². The number of fused-ring (bicyclic) bond motifs is 4. The van der Waals surface area contributed by atoms with Crippen LogP contribution in [0.15, 0.2) is 30.4 Å². The van der Waals surface area contributed by atoms with E-state index in [2.05, 4.69) is 29.2 Å². The van der Waals surface area contributed by atoms with E-state index in [-0.39, 0.29) is 0 Å². The predicted octanol–water partition coefficient (Wildman–Crippen LogP) is 4.67. The van der Waals surface area contributed by atoms with Crippen LogP contribution in [0.25, 0.3) is 0 Å². The quantitative estimate of drug-likeness (QED) is 0.724. The molecule has 1 aromatic rings. The minimum Gasteiger partial charge on any atom is -0.493 e. The summed E-state index contributed by atoms with van der Waals surface area (Å²) in [5, 5.41) is 0.842. The van der Waals surface area contributed by atoms with Gasteiger partial charge in [0.1, 0.15) is 5.75 Å². The second kappa shape index (κ2) is 5.78. The van der Waals surface area contributed by atoms with E-state index in [0.29, 0.717) is 5.41 Å². The number of allylic oxidation sites excluding steroid dienone is 2. The molecule has 24 heavy (non-hydrogen) atoms. The maximum absolute atomic E-state index is 6.28. The highest BCUT2D eigenvalue weighted by atomic mass is 35.5. The fourth-order valence-corrected chi connectivity index (χ4v) is 5.82. The van der Waals surface area contributed by atoms with Gasteiger partial charge >= 0.3 is 0 Å². The van der Waals surface area contributed by atoms with E-state index in [9.17, 15) is 0 Å². The molecule has 2 bridgehead atoms. The van der Waals surface area contributed by atoms with Crippen LogP contribution in [0.4, 0.5) is 0 Å². The zero-order valence-corrected chi connectivity index (χ0v) is 15.0. The highest BCUT2D eigenvalue weighted by Gasteiger charge is 2.42. The lowest BCUT2D eigenvalue weighted by molar-refractivity contribution is 0.102. The summed E-state index contributed by atoms with van der Waals surface area (Å²) in [6.45, 7) is 4.61. The molecule has 2 aliphatic carbocycles. The molecule has 128 valence electrons. The first-order chi connectivity index (χ1) is 11.7. The third kappa shape index (κ3) is 2.50. The van der Waals surface area contributed by atoms with Crippen LogP contribution in [0.3, 0.4) is 0 Å². The van der Waals surface area contributed by atoms with Crippen molar-refractivity contribution in [1.82, 2.24) is 4.90 Å². The first-order valence-electron chi connectivity index (χ1n) is 9.55. The topological polar surface area (TPSA) is 12.5 Å². The summed E-state index contributed by atoms with van der Waals surface area (Å²) in [5.41, 5.74) is 1.66. The van der Waals surface area contributed by atoms with Crippen LogP contribution in [0.2, 0.25) is 5.02 Å². The minimum absolute atomic E-state index is 0.295. The highest BCUT2D eigenvalue weighted by Crippen LogP contribution is 2.48. The number of rotatable bonds is 2. The van der Waals surface area contributed by atoms with Gasteiger partial charge in [0.15, 0.2) is 0 Å². The molecule has 5 rings (SSSR count). The lowest BCUT2D eigenvalue weighted by Crippen LogP contribution is -2.46. The van der Waals surface area contributed by atoms with Crippen molar-refractivity contribution in [2.75, 3.05) is 26.2 Å². The molecule has 1 spiro atoms. The second-order valence-electron chi connectivity index (χ2n) is 8.36. The van der Waals surface area contributed by atoms with E-state index in [1.54, 1.807) is 0 Å². The van der Waals surface area contributed by atoms with Crippen molar-refractivity contribution < 1.29 is 4.74 Å². The predicted molar refractivity (Wildman–Crippen MR) is 97.8 cm³/mol. The van der Waals surface area contributed by atoms with Crippen LogP contribution in [0.5, 0.6) is 5.75 Å². The van der Waals surface area contributed by atoms with E-state index in [1.807, 2.05) is 6.07 Å². The van der Waals surface area contributed by atoms with E-state index >= 15 is 0 Å². The summed E-state index contributed by atoms with van der Waals surface area (Å²) in [7, 11) is 0. The number of nitrogens with zero attached hydrogens (tertiary/aromatic N) is 1. The van der Waals surface area contributed by atoms with E-state index in [0.717, 1.165) is 41.6 Å². The number of piperidine rings is 1. The Bertz CT molecular complexity index is 662. The van der Waals surface area contributed by atoms with Gasteiger partial charge in [-0.25, -0.2) is 0 Å². The van der Waals surface area contributed by atoms with Gasteiger partial charge < -0.3 is 9.64 Å². The van der Waals surface area contributed by atoms with Gasteiger partial charge in [-0.15, -0.1) is 0 Å². The standard InChI is InChI=1S/C21H26ClNO/c22-18-3-4-20-19(13-18)21(7-10-24-20)5-8-23(9-6-21)14-17-12-15-1-2-16(17)11-15/h1-4,13,15-17H,5-12,14H2/t15-,16-,17+/m0/s1. The molecule has 0 radical (unpaired) electrons. The van der Waals surface area contributed by atoms with Crippen molar-refractivity contribution in [2.24, 2.45) is 17.8 Å². The molecule has 0 N–H and O–H groups in total. The van der Waals surface area contributed by atoms with Gasteiger partial charge in [-0.3, -0.25) is 0 Å². The maximum Gasteiger partial charge on any atom is 0.123 e. The molecule has 1 saturated heterocycles. The maximum atomic E-state index is 6.28. The number of ether oxygens (including phenoxy) is 1. The summed E-state index contributed by atoms with van der Waals surface area (Å²) in [5.74, 6) is 3.73. The van der Waals surface area contributed by atoms with Gasteiger partial charge in [0.05, 0.1) is 6.61 Å². The van der Waals surface area contributed by atoms with E-state index in [4.69, 9.17) is 16.3 Å². The SMILES string of the molecule is Clc1ccc2c(c1)C1(CCO2)CCN(C[C@H]2C[C@H]3C=C[C@H]2C3)CC1. The van der Waals surface area contributed by atoms with Crippen LogP contribution in [-0.4, -0.2) is 31.1 Å². The molecular weight excluding hydrogens is 318 g/mol. The van der Waals surface area contributed by atoms with Crippen molar-refractivity contribution >= 4 is 11.6 Å². The number of benzene rings is 1. The summed E-state index contributed by atoms with van der Waals surface area (Å²) in [6, 6.07) is 6.18. The fraction of sp³-hybridized carbons (Fsp3) is 0.619. The molecule has 2 heterocycles. The number of likely N-dealkylation sites (tertiary alicyclic amines) is 1. The molecule has 4 aliphatic rings. The van der Waals surface area contributed by atoms with E-state index < -0.39 is 0 Å². The molecule has 0 aromatic heterocycles. The van der Waals surface area contributed by atoms with Crippen molar-refractivity contribution in [3.8, 4) is 5.75 Å². The molecule has 1 saturated carbocycles. The van der Waals surface area contributed by atoms with Crippen LogP contribution in [0, 0.1) is 17.8 Å². The van der Waals surface area contributed by atoms with Crippen LogP contribution in [0.1, 0.15) is 37.7 Å². The van der Waals surface area contributed by atoms with Crippen LogP contribution < -0.4 is 4.74 Å². The van der Waals surface area contributed by atoms with Gasteiger partial charge in [0, 0.05) is 22.5 Å². The number of halogens is 1. The van der Waals surface area contributed by atoms with Crippen molar-refractivity contribution in [3.05, 3.63) is 40.9 Å². The highest BCUT2D eigenvalue weighted by molar-refractivity contribution is 6.30. The third-order valence-electron chi connectivity index (χ3n) is 7.07.